The number of rotatable bonds is 2. The van der Waals surface area contributed by atoms with Crippen LogP contribution < -0.4 is 0 Å². The molecule has 0 aliphatic carbocycles. The van der Waals surface area contributed by atoms with E-state index in [2.05, 4.69) is 6.07 Å². The molecule has 0 saturated carbocycles. The minimum absolute atomic E-state index is 0.109. The van der Waals surface area contributed by atoms with Crippen molar-refractivity contribution in [2.75, 3.05) is 6.54 Å². The molecular formula is C16H13ClN2O3. The number of halogens is 1. The molecule has 6 heteroatoms. The summed E-state index contributed by atoms with van der Waals surface area (Å²) in [5.74, 6) is -0.200. The first-order chi connectivity index (χ1) is 10.6. The van der Waals surface area contributed by atoms with Crippen molar-refractivity contribution in [3.05, 3.63) is 74.3 Å². The van der Waals surface area contributed by atoms with Gasteiger partial charge in [-0.25, -0.2) is 0 Å². The molecule has 3 rings (SSSR count). The average molecular weight is 317 g/mol. The fourth-order valence-electron chi connectivity index (χ4n) is 2.63. The van der Waals surface area contributed by atoms with Crippen molar-refractivity contribution in [3.63, 3.8) is 0 Å². The Kier molecular flexibility index (Phi) is 3.81. The summed E-state index contributed by atoms with van der Waals surface area (Å²) < 4.78 is 0. The molecule has 1 amide bonds. The molecule has 1 aliphatic rings. The van der Waals surface area contributed by atoms with Gasteiger partial charge in [-0.15, -0.1) is 0 Å². The van der Waals surface area contributed by atoms with Crippen molar-refractivity contribution < 1.29 is 9.72 Å². The maximum atomic E-state index is 12.6. The highest BCUT2D eigenvalue weighted by Crippen LogP contribution is 2.26. The van der Waals surface area contributed by atoms with Crippen molar-refractivity contribution in [1.82, 2.24) is 4.90 Å². The first kappa shape index (κ1) is 14.5. The summed E-state index contributed by atoms with van der Waals surface area (Å²) in [5, 5.41) is 10.8. The zero-order valence-corrected chi connectivity index (χ0v) is 12.4. The number of benzene rings is 2. The Bertz CT molecular complexity index is 761. The first-order valence-electron chi connectivity index (χ1n) is 6.86. The molecule has 5 nitrogen and oxygen atoms in total. The van der Waals surface area contributed by atoms with Crippen LogP contribution in [-0.2, 0) is 13.0 Å². The SMILES string of the molecule is O=C(c1ccc([N+](=O)[O-])cc1Cl)N1CCc2ccccc2C1. The molecule has 1 heterocycles. The van der Waals surface area contributed by atoms with Crippen molar-refractivity contribution >= 4 is 23.2 Å². The largest absolute Gasteiger partial charge is 0.334 e. The summed E-state index contributed by atoms with van der Waals surface area (Å²) in [6.45, 7) is 1.14. The monoisotopic (exact) mass is 316 g/mol. The molecule has 0 aromatic heterocycles. The number of hydrogen-bond donors (Lipinski definition) is 0. The molecule has 2 aromatic rings. The van der Waals surface area contributed by atoms with Crippen molar-refractivity contribution in [2.24, 2.45) is 0 Å². The highest BCUT2D eigenvalue weighted by atomic mass is 35.5. The molecule has 1 aliphatic heterocycles. The molecule has 0 radical (unpaired) electrons. The topological polar surface area (TPSA) is 63.4 Å². The summed E-state index contributed by atoms with van der Waals surface area (Å²) in [6.07, 6.45) is 0.798. The van der Waals surface area contributed by atoms with Gasteiger partial charge in [-0.05, 0) is 23.6 Å². The van der Waals surface area contributed by atoms with Crippen LogP contribution in [0.2, 0.25) is 5.02 Å². The smallest absolute Gasteiger partial charge is 0.270 e. The van der Waals surface area contributed by atoms with Gasteiger partial charge in [0.25, 0.3) is 11.6 Å². The van der Waals surface area contributed by atoms with E-state index in [1.807, 2.05) is 18.2 Å². The molecule has 0 bridgehead atoms. The van der Waals surface area contributed by atoms with Crippen LogP contribution in [0.5, 0.6) is 0 Å². The van der Waals surface area contributed by atoms with Crippen LogP contribution in [0.3, 0.4) is 0 Å². The Morgan fingerprint density at radius 1 is 1.18 bits per heavy atom. The van der Waals surface area contributed by atoms with Crippen LogP contribution >= 0.6 is 11.6 Å². The quantitative estimate of drug-likeness (QED) is 0.629. The van der Waals surface area contributed by atoms with E-state index in [1.165, 1.54) is 23.8 Å². The number of nitro groups is 1. The third-order valence-corrected chi connectivity index (χ3v) is 4.12. The van der Waals surface area contributed by atoms with Crippen molar-refractivity contribution in [2.45, 2.75) is 13.0 Å². The molecule has 22 heavy (non-hydrogen) atoms. The van der Waals surface area contributed by atoms with Crippen LogP contribution in [-0.4, -0.2) is 22.3 Å². The fraction of sp³-hybridized carbons (Fsp3) is 0.188. The zero-order chi connectivity index (χ0) is 15.7. The normalized spacial score (nSPS) is 13.6. The highest BCUT2D eigenvalue weighted by Gasteiger charge is 2.24. The lowest BCUT2D eigenvalue weighted by Gasteiger charge is -2.29. The molecule has 0 saturated heterocycles. The van der Waals surface area contributed by atoms with E-state index in [0.29, 0.717) is 18.7 Å². The predicted molar refractivity (Wildman–Crippen MR) is 83.0 cm³/mol. The number of fused-ring (bicyclic) bond motifs is 1. The van der Waals surface area contributed by atoms with E-state index in [4.69, 9.17) is 11.6 Å². The van der Waals surface area contributed by atoms with Gasteiger partial charge in [0, 0.05) is 25.2 Å². The van der Waals surface area contributed by atoms with Crippen LogP contribution in [0.4, 0.5) is 5.69 Å². The Balaban J connectivity index is 1.85. The third kappa shape index (κ3) is 2.67. The van der Waals surface area contributed by atoms with Crippen LogP contribution in [0.25, 0.3) is 0 Å². The van der Waals surface area contributed by atoms with Gasteiger partial charge in [-0.2, -0.15) is 0 Å². The second kappa shape index (κ2) is 5.77. The summed E-state index contributed by atoms with van der Waals surface area (Å²) >= 11 is 6.04. The van der Waals surface area contributed by atoms with E-state index in [-0.39, 0.29) is 16.6 Å². The second-order valence-electron chi connectivity index (χ2n) is 5.17. The van der Waals surface area contributed by atoms with Crippen LogP contribution in [0.1, 0.15) is 21.5 Å². The van der Waals surface area contributed by atoms with Gasteiger partial charge >= 0.3 is 0 Å². The van der Waals surface area contributed by atoms with E-state index < -0.39 is 4.92 Å². The summed E-state index contributed by atoms with van der Waals surface area (Å²) in [4.78, 5) is 24.5. The minimum atomic E-state index is -0.530. The maximum Gasteiger partial charge on any atom is 0.270 e. The van der Waals surface area contributed by atoms with E-state index >= 15 is 0 Å². The number of carbonyl (C=O) groups excluding carboxylic acids is 1. The van der Waals surface area contributed by atoms with Gasteiger partial charge in [-0.1, -0.05) is 35.9 Å². The number of non-ortho nitro benzene ring substituents is 1. The van der Waals surface area contributed by atoms with Crippen molar-refractivity contribution in [1.29, 1.82) is 0 Å². The Labute approximate surface area is 132 Å². The molecule has 0 N–H and O–H groups in total. The predicted octanol–water partition coefficient (Wildman–Crippen LogP) is 3.45. The minimum Gasteiger partial charge on any atom is -0.334 e. The molecule has 2 aromatic carbocycles. The van der Waals surface area contributed by atoms with Gasteiger partial charge in [0.15, 0.2) is 0 Å². The molecule has 0 fully saturated rings. The van der Waals surface area contributed by atoms with E-state index in [9.17, 15) is 14.9 Å². The average Bonchev–Trinajstić information content (AvgIpc) is 2.53. The van der Waals surface area contributed by atoms with Crippen LogP contribution in [0, 0.1) is 10.1 Å². The first-order valence-corrected chi connectivity index (χ1v) is 7.24. The van der Waals surface area contributed by atoms with E-state index in [1.54, 1.807) is 4.90 Å². The zero-order valence-electron chi connectivity index (χ0n) is 11.7. The molecule has 0 atom stereocenters. The molecule has 112 valence electrons. The van der Waals surface area contributed by atoms with Gasteiger partial charge in [0.05, 0.1) is 15.5 Å². The summed E-state index contributed by atoms with van der Waals surface area (Å²) in [6, 6.07) is 11.9. The highest BCUT2D eigenvalue weighted by molar-refractivity contribution is 6.34. The van der Waals surface area contributed by atoms with Crippen molar-refractivity contribution in [3.8, 4) is 0 Å². The number of nitro benzene ring substituents is 1. The standard InChI is InChI=1S/C16H13ClN2O3/c17-15-9-13(19(21)22)5-6-14(15)16(20)18-8-7-11-3-1-2-4-12(11)10-18/h1-6,9H,7-8,10H2. The van der Waals surface area contributed by atoms with Gasteiger partial charge in [0.1, 0.15) is 0 Å². The van der Waals surface area contributed by atoms with Crippen LogP contribution in [0.15, 0.2) is 42.5 Å². The summed E-state index contributed by atoms with van der Waals surface area (Å²) in [7, 11) is 0. The maximum absolute atomic E-state index is 12.6. The molecule has 0 spiro atoms. The van der Waals surface area contributed by atoms with Gasteiger partial charge in [-0.3, -0.25) is 14.9 Å². The Morgan fingerprint density at radius 2 is 1.91 bits per heavy atom. The third-order valence-electron chi connectivity index (χ3n) is 3.81. The number of hydrogen-bond acceptors (Lipinski definition) is 3. The molecular weight excluding hydrogens is 304 g/mol. The van der Waals surface area contributed by atoms with E-state index in [0.717, 1.165) is 12.0 Å². The number of nitrogens with zero attached hydrogens (tertiary/aromatic N) is 2. The lowest BCUT2D eigenvalue weighted by molar-refractivity contribution is -0.384. The lowest BCUT2D eigenvalue weighted by Crippen LogP contribution is -2.36. The van der Waals surface area contributed by atoms with Gasteiger partial charge in [0.2, 0.25) is 0 Å². The molecule has 0 unspecified atom stereocenters. The summed E-state index contributed by atoms with van der Waals surface area (Å²) in [5.41, 5.74) is 2.55. The Morgan fingerprint density at radius 3 is 2.59 bits per heavy atom. The number of amides is 1. The number of carbonyl (C=O) groups is 1. The lowest BCUT2D eigenvalue weighted by atomic mass is 9.99. The second-order valence-corrected chi connectivity index (χ2v) is 5.57. The van der Waals surface area contributed by atoms with Gasteiger partial charge < -0.3 is 4.90 Å². The Hall–Kier alpha value is -2.40. The fourth-order valence-corrected chi connectivity index (χ4v) is 2.89.